The third-order valence-electron chi connectivity index (χ3n) is 4.74. The van der Waals surface area contributed by atoms with Crippen LogP contribution in [0.2, 0.25) is 0 Å². The van der Waals surface area contributed by atoms with E-state index in [4.69, 9.17) is 5.73 Å². The van der Waals surface area contributed by atoms with Crippen LogP contribution in [0.5, 0.6) is 0 Å². The second-order valence-corrected chi connectivity index (χ2v) is 7.79. The van der Waals surface area contributed by atoms with Gasteiger partial charge in [0.15, 0.2) is 0 Å². The van der Waals surface area contributed by atoms with Gasteiger partial charge in [0.05, 0.1) is 22.4 Å². The zero-order valence-corrected chi connectivity index (χ0v) is 12.8. The number of fused-ring (bicyclic) bond motifs is 1. The van der Waals surface area contributed by atoms with Crippen molar-refractivity contribution in [2.24, 2.45) is 11.8 Å². The molecule has 0 radical (unpaired) electrons. The van der Waals surface area contributed by atoms with E-state index in [-0.39, 0.29) is 16.9 Å². The normalized spacial score (nSPS) is 28.9. The van der Waals surface area contributed by atoms with Crippen molar-refractivity contribution in [2.45, 2.75) is 23.8 Å². The molecule has 1 saturated heterocycles. The molecule has 3 rings (SSSR count). The maximum atomic E-state index is 11.9. The molecule has 4 N–H and O–H groups in total. The molecule has 7 heteroatoms. The minimum absolute atomic E-state index is 0.215. The Hall–Kier alpha value is -1.31. The van der Waals surface area contributed by atoms with Gasteiger partial charge in [0.25, 0.3) is 0 Å². The lowest BCUT2D eigenvalue weighted by molar-refractivity contribution is 0.133. The van der Waals surface area contributed by atoms with Gasteiger partial charge < -0.3 is 15.7 Å². The molecule has 6 nitrogen and oxygen atoms in total. The topological polar surface area (TPSA) is 95.7 Å². The van der Waals surface area contributed by atoms with Crippen molar-refractivity contribution in [3.05, 3.63) is 18.2 Å². The molecule has 3 unspecified atom stereocenters. The number of hydrogen-bond donors (Lipinski definition) is 3. The van der Waals surface area contributed by atoms with Crippen LogP contribution in [0.25, 0.3) is 0 Å². The summed E-state index contributed by atoms with van der Waals surface area (Å²) < 4.78 is 26.1. The van der Waals surface area contributed by atoms with Crippen LogP contribution in [-0.2, 0) is 10.0 Å². The van der Waals surface area contributed by atoms with Crippen molar-refractivity contribution in [3.8, 4) is 0 Å². The Balaban J connectivity index is 1.91. The van der Waals surface area contributed by atoms with Crippen LogP contribution in [-0.4, -0.2) is 39.8 Å². The van der Waals surface area contributed by atoms with E-state index in [2.05, 4.69) is 9.62 Å². The Morgan fingerprint density at radius 1 is 1.33 bits per heavy atom. The summed E-state index contributed by atoms with van der Waals surface area (Å²) in [5.74, 6) is 0.748. The summed E-state index contributed by atoms with van der Waals surface area (Å²) in [4.78, 5) is 2.31. The van der Waals surface area contributed by atoms with Gasteiger partial charge in [-0.05, 0) is 44.0 Å². The van der Waals surface area contributed by atoms with Crippen molar-refractivity contribution in [3.63, 3.8) is 0 Å². The minimum atomic E-state index is -3.48. The lowest BCUT2D eigenvalue weighted by atomic mass is 10.00. The van der Waals surface area contributed by atoms with Crippen LogP contribution >= 0.6 is 0 Å². The summed E-state index contributed by atoms with van der Waals surface area (Å²) in [5, 5.41) is 9.99. The van der Waals surface area contributed by atoms with Gasteiger partial charge in [-0.1, -0.05) is 0 Å². The highest BCUT2D eigenvalue weighted by Gasteiger charge is 2.42. The number of sulfonamides is 1. The Morgan fingerprint density at radius 2 is 2.10 bits per heavy atom. The van der Waals surface area contributed by atoms with E-state index >= 15 is 0 Å². The smallest absolute Gasteiger partial charge is 0.240 e. The van der Waals surface area contributed by atoms with Crippen LogP contribution in [0.3, 0.4) is 0 Å². The molecule has 116 valence electrons. The SMILES string of the molecule is CNS(=O)(=O)c1ccc(N)c(N2CC3CCC(O)C3C2)c1. The number of nitrogen functional groups attached to an aromatic ring is 1. The number of aliphatic hydroxyl groups is 1. The van der Waals surface area contributed by atoms with E-state index in [0.29, 0.717) is 11.6 Å². The lowest BCUT2D eigenvalue weighted by Gasteiger charge is -2.23. The van der Waals surface area contributed by atoms with Gasteiger partial charge in [-0.25, -0.2) is 13.1 Å². The van der Waals surface area contributed by atoms with Crippen LogP contribution in [0, 0.1) is 11.8 Å². The minimum Gasteiger partial charge on any atom is -0.397 e. The maximum Gasteiger partial charge on any atom is 0.240 e. The highest BCUT2D eigenvalue weighted by molar-refractivity contribution is 7.89. The van der Waals surface area contributed by atoms with Gasteiger partial charge in [0.2, 0.25) is 10.0 Å². The Kier molecular flexibility index (Phi) is 3.59. The third-order valence-corrected chi connectivity index (χ3v) is 6.15. The Morgan fingerprint density at radius 3 is 2.76 bits per heavy atom. The number of nitrogens with zero attached hydrogens (tertiary/aromatic N) is 1. The quantitative estimate of drug-likeness (QED) is 0.702. The molecule has 1 aliphatic heterocycles. The lowest BCUT2D eigenvalue weighted by Crippen LogP contribution is -2.26. The molecular formula is C14H21N3O3S. The largest absolute Gasteiger partial charge is 0.397 e. The fraction of sp³-hybridized carbons (Fsp3) is 0.571. The summed E-state index contributed by atoms with van der Waals surface area (Å²) in [6, 6.07) is 4.76. The first-order valence-electron chi connectivity index (χ1n) is 7.18. The molecule has 3 atom stereocenters. The van der Waals surface area contributed by atoms with E-state index in [0.717, 1.165) is 31.6 Å². The number of benzene rings is 1. The van der Waals surface area contributed by atoms with Gasteiger partial charge in [-0.2, -0.15) is 0 Å². The number of nitrogens with two attached hydrogens (primary N) is 1. The van der Waals surface area contributed by atoms with Crippen molar-refractivity contribution in [1.29, 1.82) is 0 Å². The second-order valence-electron chi connectivity index (χ2n) is 5.90. The molecule has 0 bridgehead atoms. The predicted octanol–water partition coefficient (Wildman–Crippen LogP) is 0.384. The molecule has 1 aromatic carbocycles. The first kappa shape index (κ1) is 14.6. The average molecular weight is 311 g/mol. The first-order chi connectivity index (χ1) is 9.92. The third kappa shape index (κ3) is 2.49. The van der Waals surface area contributed by atoms with Crippen LogP contribution in [0.4, 0.5) is 11.4 Å². The molecule has 2 fully saturated rings. The number of hydrogen-bond acceptors (Lipinski definition) is 5. The standard InChI is InChI=1S/C14H21N3O3S/c1-16-21(19,20)10-3-4-12(15)13(6-10)17-7-9-2-5-14(18)11(9)8-17/h3-4,6,9,11,14,16,18H,2,5,7-8,15H2,1H3. The number of nitrogens with one attached hydrogen (secondary N) is 1. The molecule has 21 heavy (non-hydrogen) atoms. The summed E-state index contributed by atoms with van der Waals surface area (Å²) in [7, 11) is -2.09. The summed E-state index contributed by atoms with van der Waals surface area (Å²) in [6.07, 6.45) is 1.65. The molecule has 1 aromatic rings. The van der Waals surface area contributed by atoms with Crippen molar-refractivity contribution >= 4 is 21.4 Å². The molecular weight excluding hydrogens is 290 g/mol. The monoisotopic (exact) mass is 311 g/mol. The van der Waals surface area contributed by atoms with Gasteiger partial charge in [-0.3, -0.25) is 0 Å². The van der Waals surface area contributed by atoms with Crippen LogP contribution in [0.15, 0.2) is 23.1 Å². The fourth-order valence-corrected chi connectivity index (χ4v) is 4.27. The first-order valence-corrected chi connectivity index (χ1v) is 8.67. The number of aliphatic hydroxyl groups excluding tert-OH is 1. The van der Waals surface area contributed by atoms with Crippen LogP contribution < -0.4 is 15.4 Å². The molecule has 0 aromatic heterocycles. The van der Waals surface area contributed by atoms with E-state index in [1.165, 1.54) is 13.1 Å². The molecule has 2 aliphatic rings. The van der Waals surface area contributed by atoms with E-state index in [1.807, 2.05) is 0 Å². The molecule has 0 spiro atoms. The number of anilines is 2. The van der Waals surface area contributed by atoms with E-state index in [1.54, 1.807) is 12.1 Å². The highest BCUT2D eigenvalue weighted by atomic mass is 32.2. The zero-order valence-electron chi connectivity index (χ0n) is 12.0. The van der Waals surface area contributed by atoms with Crippen LogP contribution in [0.1, 0.15) is 12.8 Å². The van der Waals surface area contributed by atoms with Gasteiger partial charge >= 0.3 is 0 Å². The maximum absolute atomic E-state index is 11.9. The van der Waals surface area contributed by atoms with Crippen molar-refractivity contribution in [1.82, 2.24) is 4.72 Å². The molecule has 1 heterocycles. The van der Waals surface area contributed by atoms with Gasteiger partial charge in [0.1, 0.15) is 0 Å². The summed E-state index contributed by atoms with van der Waals surface area (Å²) in [5.41, 5.74) is 7.33. The van der Waals surface area contributed by atoms with Gasteiger partial charge in [-0.15, -0.1) is 0 Å². The Labute approximate surface area is 125 Å². The highest BCUT2D eigenvalue weighted by Crippen LogP contribution is 2.41. The van der Waals surface area contributed by atoms with E-state index in [9.17, 15) is 13.5 Å². The van der Waals surface area contributed by atoms with Crippen molar-refractivity contribution in [2.75, 3.05) is 30.8 Å². The average Bonchev–Trinajstić information content (AvgIpc) is 3.02. The summed E-state index contributed by atoms with van der Waals surface area (Å²) >= 11 is 0. The second kappa shape index (κ2) is 5.15. The zero-order chi connectivity index (χ0) is 15.2. The summed E-state index contributed by atoms with van der Waals surface area (Å²) in [6.45, 7) is 1.56. The predicted molar refractivity (Wildman–Crippen MR) is 81.5 cm³/mol. The van der Waals surface area contributed by atoms with E-state index < -0.39 is 10.0 Å². The number of rotatable bonds is 3. The molecule has 0 amide bonds. The fourth-order valence-electron chi connectivity index (χ4n) is 3.52. The van der Waals surface area contributed by atoms with Crippen molar-refractivity contribution < 1.29 is 13.5 Å². The Bertz CT molecular complexity index is 647. The molecule has 1 aliphatic carbocycles. The van der Waals surface area contributed by atoms with Gasteiger partial charge in [0, 0.05) is 19.0 Å². The molecule has 1 saturated carbocycles.